The summed E-state index contributed by atoms with van der Waals surface area (Å²) >= 11 is 0. The summed E-state index contributed by atoms with van der Waals surface area (Å²) in [6, 6.07) is 8.55. The predicted molar refractivity (Wildman–Crippen MR) is 80.5 cm³/mol. The fraction of sp³-hybridized carbons (Fsp3) is 0.588. The summed E-state index contributed by atoms with van der Waals surface area (Å²) in [7, 11) is 0. The molecule has 108 valence electrons. The van der Waals surface area contributed by atoms with Gasteiger partial charge in [0.2, 0.25) is 5.91 Å². The zero-order chi connectivity index (χ0) is 13.9. The summed E-state index contributed by atoms with van der Waals surface area (Å²) in [5.74, 6) is 1.52. The molecule has 2 N–H and O–H groups in total. The van der Waals surface area contributed by atoms with E-state index in [2.05, 4.69) is 41.8 Å². The molecule has 3 nitrogen and oxygen atoms in total. The second-order valence-electron chi connectivity index (χ2n) is 6.27. The van der Waals surface area contributed by atoms with Gasteiger partial charge in [0.05, 0.1) is 6.04 Å². The van der Waals surface area contributed by atoms with Gasteiger partial charge in [-0.15, -0.1) is 0 Å². The van der Waals surface area contributed by atoms with Gasteiger partial charge in [-0.1, -0.05) is 36.2 Å². The van der Waals surface area contributed by atoms with Crippen LogP contribution in [0.3, 0.4) is 0 Å². The SMILES string of the molecule is Cc1cccc(CCNC(=O)C2NCC3CCCC32)c1. The number of carbonyl (C=O) groups excluding carboxylic acids is 1. The molecule has 1 saturated heterocycles. The Hall–Kier alpha value is -1.35. The number of hydrogen-bond acceptors (Lipinski definition) is 2. The number of carbonyl (C=O) groups is 1. The molecule has 3 atom stereocenters. The summed E-state index contributed by atoms with van der Waals surface area (Å²) in [5.41, 5.74) is 2.57. The highest BCUT2D eigenvalue weighted by Crippen LogP contribution is 2.37. The van der Waals surface area contributed by atoms with Crippen LogP contribution in [0.1, 0.15) is 30.4 Å². The lowest BCUT2D eigenvalue weighted by molar-refractivity contribution is -0.123. The fourth-order valence-corrected chi connectivity index (χ4v) is 3.78. The molecule has 1 saturated carbocycles. The highest BCUT2D eigenvalue weighted by molar-refractivity contribution is 5.82. The molecule has 0 bridgehead atoms. The summed E-state index contributed by atoms with van der Waals surface area (Å²) in [6.07, 6.45) is 4.72. The molecule has 1 aromatic carbocycles. The Morgan fingerprint density at radius 1 is 1.40 bits per heavy atom. The summed E-state index contributed by atoms with van der Waals surface area (Å²) in [5, 5.41) is 6.51. The topological polar surface area (TPSA) is 41.1 Å². The second-order valence-corrected chi connectivity index (χ2v) is 6.27. The van der Waals surface area contributed by atoms with E-state index in [1.807, 2.05) is 0 Å². The minimum Gasteiger partial charge on any atom is -0.354 e. The fourth-order valence-electron chi connectivity index (χ4n) is 3.78. The highest BCUT2D eigenvalue weighted by Gasteiger charge is 2.42. The molecule has 1 amide bonds. The molecular weight excluding hydrogens is 248 g/mol. The summed E-state index contributed by atoms with van der Waals surface area (Å²) in [6.45, 7) is 3.86. The summed E-state index contributed by atoms with van der Waals surface area (Å²) < 4.78 is 0. The van der Waals surface area contributed by atoms with Crippen LogP contribution in [-0.2, 0) is 11.2 Å². The van der Waals surface area contributed by atoms with Crippen molar-refractivity contribution in [1.29, 1.82) is 0 Å². The van der Waals surface area contributed by atoms with Gasteiger partial charge in [-0.3, -0.25) is 4.79 Å². The molecule has 0 aromatic heterocycles. The number of hydrogen-bond donors (Lipinski definition) is 2. The van der Waals surface area contributed by atoms with Gasteiger partial charge in [-0.25, -0.2) is 0 Å². The van der Waals surface area contributed by atoms with Crippen LogP contribution in [-0.4, -0.2) is 25.0 Å². The summed E-state index contributed by atoms with van der Waals surface area (Å²) in [4.78, 5) is 12.3. The molecule has 2 aliphatic rings. The zero-order valence-corrected chi connectivity index (χ0v) is 12.2. The van der Waals surface area contributed by atoms with Crippen LogP contribution in [0.2, 0.25) is 0 Å². The molecule has 1 aliphatic carbocycles. The minimum absolute atomic E-state index is 0.0556. The van der Waals surface area contributed by atoms with Gasteiger partial charge in [-0.2, -0.15) is 0 Å². The van der Waals surface area contributed by atoms with Gasteiger partial charge >= 0.3 is 0 Å². The average molecular weight is 272 g/mol. The Balaban J connectivity index is 1.48. The van der Waals surface area contributed by atoms with E-state index in [1.165, 1.54) is 30.4 Å². The first kappa shape index (κ1) is 13.6. The Kier molecular flexibility index (Phi) is 4.06. The van der Waals surface area contributed by atoms with E-state index in [4.69, 9.17) is 0 Å². The maximum atomic E-state index is 12.3. The van der Waals surface area contributed by atoms with Crippen LogP contribution in [0, 0.1) is 18.8 Å². The molecule has 1 heterocycles. The molecule has 3 rings (SSSR count). The van der Waals surface area contributed by atoms with E-state index in [0.29, 0.717) is 5.92 Å². The van der Waals surface area contributed by atoms with Gasteiger partial charge in [0.15, 0.2) is 0 Å². The van der Waals surface area contributed by atoms with Crippen LogP contribution in [0.15, 0.2) is 24.3 Å². The first-order valence-corrected chi connectivity index (χ1v) is 7.80. The molecular formula is C17H24N2O. The smallest absolute Gasteiger partial charge is 0.237 e. The highest BCUT2D eigenvalue weighted by atomic mass is 16.2. The maximum absolute atomic E-state index is 12.3. The van der Waals surface area contributed by atoms with Gasteiger partial charge in [0, 0.05) is 6.54 Å². The monoisotopic (exact) mass is 272 g/mol. The quantitative estimate of drug-likeness (QED) is 0.880. The third kappa shape index (κ3) is 2.88. The van der Waals surface area contributed by atoms with Crippen LogP contribution in [0.4, 0.5) is 0 Å². The van der Waals surface area contributed by atoms with E-state index in [9.17, 15) is 4.79 Å². The molecule has 1 aliphatic heterocycles. The van der Waals surface area contributed by atoms with Crippen molar-refractivity contribution >= 4 is 5.91 Å². The minimum atomic E-state index is 0.0556. The Morgan fingerprint density at radius 2 is 2.30 bits per heavy atom. The Morgan fingerprint density at radius 3 is 3.15 bits per heavy atom. The van der Waals surface area contributed by atoms with Crippen molar-refractivity contribution in [2.75, 3.05) is 13.1 Å². The van der Waals surface area contributed by atoms with Crippen molar-refractivity contribution in [3.05, 3.63) is 35.4 Å². The Bertz CT molecular complexity index is 486. The van der Waals surface area contributed by atoms with Crippen molar-refractivity contribution in [2.45, 2.75) is 38.6 Å². The van der Waals surface area contributed by atoms with Crippen molar-refractivity contribution in [3.8, 4) is 0 Å². The number of benzene rings is 1. The normalized spacial score (nSPS) is 28.4. The third-order valence-electron chi connectivity index (χ3n) is 4.82. The first-order valence-electron chi connectivity index (χ1n) is 7.80. The van der Waals surface area contributed by atoms with Crippen molar-refractivity contribution in [3.63, 3.8) is 0 Å². The maximum Gasteiger partial charge on any atom is 0.237 e. The van der Waals surface area contributed by atoms with Crippen molar-refractivity contribution in [2.24, 2.45) is 11.8 Å². The number of fused-ring (bicyclic) bond motifs is 1. The number of aryl methyl sites for hydroxylation is 1. The number of nitrogens with one attached hydrogen (secondary N) is 2. The van der Waals surface area contributed by atoms with Crippen LogP contribution < -0.4 is 10.6 Å². The lowest BCUT2D eigenvalue weighted by Crippen LogP contribution is -2.44. The zero-order valence-electron chi connectivity index (χ0n) is 12.2. The van der Waals surface area contributed by atoms with Gasteiger partial charge in [0.25, 0.3) is 0 Å². The number of amides is 1. The van der Waals surface area contributed by atoms with Gasteiger partial charge in [0.1, 0.15) is 0 Å². The Labute approximate surface area is 121 Å². The van der Waals surface area contributed by atoms with E-state index in [1.54, 1.807) is 0 Å². The van der Waals surface area contributed by atoms with Crippen LogP contribution in [0.5, 0.6) is 0 Å². The predicted octanol–water partition coefficient (Wildman–Crippen LogP) is 2.04. The van der Waals surface area contributed by atoms with Gasteiger partial charge < -0.3 is 10.6 Å². The molecule has 3 heteroatoms. The van der Waals surface area contributed by atoms with E-state index < -0.39 is 0 Å². The molecule has 20 heavy (non-hydrogen) atoms. The second kappa shape index (κ2) is 5.96. The number of rotatable bonds is 4. The third-order valence-corrected chi connectivity index (χ3v) is 4.82. The lowest BCUT2D eigenvalue weighted by atomic mass is 9.93. The average Bonchev–Trinajstić information content (AvgIpc) is 3.00. The van der Waals surface area contributed by atoms with Gasteiger partial charge in [-0.05, 0) is 50.1 Å². The molecule has 1 aromatic rings. The van der Waals surface area contributed by atoms with Crippen LogP contribution >= 0.6 is 0 Å². The standard InChI is InChI=1S/C17H24N2O/c1-12-4-2-5-13(10-12)8-9-18-17(20)16-15-7-3-6-14(15)11-19-16/h2,4-5,10,14-16,19H,3,6-9,11H2,1H3,(H,18,20). The van der Waals surface area contributed by atoms with Crippen molar-refractivity contribution in [1.82, 2.24) is 10.6 Å². The lowest BCUT2D eigenvalue weighted by Gasteiger charge is -2.17. The van der Waals surface area contributed by atoms with E-state index in [-0.39, 0.29) is 11.9 Å². The van der Waals surface area contributed by atoms with E-state index in [0.717, 1.165) is 25.4 Å². The molecule has 2 fully saturated rings. The largest absolute Gasteiger partial charge is 0.354 e. The molecule has 0 radical (unpaired) electrons. The van der Waals surface area contributed by atoms with Crippen LogP contribution in [0.25, 0.3) is 0 Å². The molecule has 0 spiro atoms. The molecule has 3 unspecified atom stereocenters. The van der Waals surface area contributed by atoms with Crippen molar-refractivity contribution < 1.29 is 4.79 Å². The first-order chi connectivity index (χ1) is 9.74. The van der Waals surface area contributed by atoms with E-state index >= 15 is 0 Å².